The first-order valence-electron chi connectivity index (χ1n) is 10.1. The zero-order valence-corrected chi connectivity index (χ0v) is 19.4. The third-order valence-electron chi connectivity index (χ3n) is 5.07. The van der Waals surface area contributed by atoms with Crippen molar-refractivity contribution >= 4 is 32.4 Å². The molecular weight excluding hydrogens is 469 g/mol. The first kappa shape index (κ1) is 23.3. The lowest BCUT2D eigenvalue weighted by Gasteiger charge is -2.26. The van der Waals surface area contributed by atoms with Crippen LogP contribution in [-0.2, 0) is 26.0 Å². The van der Waals surface area contributed by atoms with E-state index in [4.69, 9.17) is 9.47 Å². The lowest BCUT2D eigenvalue weighted by Crippen LogP contribution is -2.40. The molecule has 4 rings (SSSR count). The van der Waals surface area contributed by atoms with Crippen molar-refractivity contribution < 1.29 is 27.1 Å². The Morgan fingerprint density at radius 1 is 1.21 bits per heavy atom. The standard InChI is InChI=1S/C22H22FN3O5S2/c1-30-19-7-2-15(12-20(19)33(28,29)26-8-10-31-11-9-26)13-21(27)25-22-24-18(14-32-22)16-3-5-17(23)6-4-16/h2-7,12,14H,8-11,13H2,1H3,(H,24,25,27). The van der Waals surface area contributed by atoms with Gasteiger partial charge in [-0.1, -0.05) is 6.07 Å². The number of nitrogens with one attached hydrogen (secondary N) is 1. The predicted octanol–water partition coefficient (Wildman–Crippen LogP) is 3.16. The Hall–Kier alpha value is -2.86. The zero-order valence-electron chi connectivity index (χ0n) is 17.8. The molecule has 0 saturated carbocycles. The third kappa shape index (κ3) is 5.38. The van der Waals surface area contributed by atoms with Gasteiger partial charge in [-0.05, 0) is 42.0 Å². The Bertz CT molecular complexity index is 1240. The van der Waals surface area contributed by atoms with Crippen LogP contribution >= 0.6 is 11.3 Å². The molecule has 0 unspecified atom stereocenters. The van der Waals surface area contributed by atoms with Gasteiger partial charge in [-0.15, -0.1) is 11.3 Å². The summed E-state index contributed by atoms with van der Waals surface area (Å²) in [5.74, 6) is -0.457. The molecule has 1 aliphatic rings. The summed E-state index contributed by atoms with van der Waals surface area (Å²) in [6, 6.07) is 10.6. The Labute approximate surface area is 195 Å². The van der Waals surface area contributed by atoms with Crippen LogP contribution in [-0.4, -0.2) is 57.0 Å². The minimum atomic E-state index is -3.79. The van der Waals surface area contributed by atoms with Crippen molar-refractivity contribution in [2.45, 2.75) is 11.3 Å². The number of carbonyl (C=O) groups excluding carboxylic acids is 1. The lowest BCUT2D eigenvalue weighted by atomic mass is 10.1. The van der Waals surface area contributed by atoms with E-state index in [-0.39, 0.29) is 41.9 Å². The fourth-order valence-corrected chi connectivity index (χ4v) is 5.74. The lowest BCUT2D eigenvalue weighted by molar-refractivity contribution is -0.115. The number of methoxy groups -OCH3 is 1. The van der Waals surface area contributed by atoms with Gasteiger partial charge in [0.1, 0.15) is 16.5 Å². The number of amides is 1. The molecule has 0 spiro atoms. The average molecular weight is 492 g/mol. The first-order chi connectivity index (χ1) is 15.9. The van der Waals surface area contributed by atoms with Crippen LogP contribution in [0.15, 0.2) is 52.7 Å². The Kier molecular flexibility index (Phi) is 7.03. The minimum Gasteiger partial charge on any atom is -0.495 e. The Balaban J connectivity index is 1.48. The highest BCUT2D eigenvalue weighted by atomic mass is 32.2. The van der Waals surface area contributed by atoms with E-state index in [2.05, 4.69) is 10.3 Å². The molecule has 174 valence electrons. The summed E-state index contributed by atoms with van der Waals surface area (Å²) in [6.45, 7) is 1.18. The van der Waals surface area contributed by atoms with Crippen LogP contribution < -0.4 is 10.1 Å². The van der Waals surface area contributed by atoms with Crippen LogP contribution in [0.4, 0.5) is 9.52 Å². The van der Waals surface area contributed by atoms with Gasteiger partial charge in [0.15, 0.2) is 5.13 Å². The summed E-state index contributed by atoms with van der Waals surface area (Å²) in [4.78, 5) is 17.0. The second-order valence-corrected chi connectivity index (χ2v) is 10.0. The molecule has 8 nitrogen and oxygen atoms in total. The summed E-state index contributed by atoms with van der Waals surface area (Å²) in [5.41, 5.74) is 1.88. The number of nitrogens with zero attached hydrogens (tertiary/aromatic N) is 2. The van der Waals surface area contributed by atoms with Crippen LogP contribution in [0.25, 0.3) is 11.3 Å². The number of carbonyl (C=O) groups is 1. The second kappa shape index (κ2) is 9.96. The molecule has 1 N–H and O–H groups in total. The van der Waals surface area contributed by atoms with Gasteiger partial charge in [-0.2, -0.15) is 4.31 Å². The largest absolute Gasteiger partial charge is 0.495 e. The van der Waals surface area contributed by atoms with E-state index >= 15 is 0 Å². The summed E-state index contributed by atoms with van der Waals surface area (Å²) in [6.07, 6.45) is -0.0406. The van der Waals surface area contributed by atoms with Crippen LogP contribution in [0, 0.1) is 5.82 Å². The molecule has 2 heterocycles. The maximum absolute atomic E-state index is 13.1. The number of aromatic nitrogens is 1. The van der Waals surface area contributed by atoms with Crippen molar-refractivity contribution in [2.75, 3.05) is 38.7 Å². The highest BCUT2D eigenvalue weighted by Gasteiger charge is 2.29. The predicted molar refractivity (Wildman–Crippen MR) is 122 cm³/mol. The molecule has 0 aliphatic carbocycles. The highest BCUT2D eigenvalue weighted by molar-refractivity contribution is 7.89. The molecule has 1 fully saturated rings. The number of anilines is 1. The molecule has 33 heavy (non-hydrogen) atoms. The minimum absolute atomic E-state index is 0.0186. The normalized spacial score (nSPS) is 14.7. The molecule has 1 saturated heterocycles. The summed E-state index contributed by atoms with van der Waals surface area (Å²) in [5, 5.41) is 4.89. The number of hydrogen-bond donors (Lipinski definition) is 1. The summed E-state index contributed by atoms with van der Waals surface area (Å²) >= 11 is 1.25. The van der Waals surface area contributed by atoms with Crippen LogP contribution in [0.5, 0.6) is 5.75 Å². The number of sulfonamides is 1. The number of ether oxygens (including phenoxy) is 2. The van der Waals surface area contributed by atoms with Crippen molar-refractivity contribution in [1.29, 1.82) is 0 Å². The van der Waals surface area contributed by atoms with E-state index in [1.165, 1.54) is 41.0 Å². The molecule has 2 aromatic carbocycles. The van der Waals surface area contributed by atoms with E-state index in [9.17, 15) is 17.6 Å². The second-order valence-electron chi connectivity index (χ2n) is 7.27. The van der Waals surface area contributed by atoms with Crippen molar-refractivity contribution in [2.24, 2.45) is 0 Å². The fourth-order valence-electron chi connectivity index (χ4n) is 3.39. The van der Waals surface area contributed by atoms with Crippen molar-refractivity contribution in [3.63, 3.8) is 0 Å². The van der Waals surface area contributed by atoms with E-state index in [1.807, 2.05) is 0 Å². The summed E-state index contributed by atoms with van der Waals surface area (Å²) < 4.78 is 51.2. The smallest absolute Gasteiger partial charge is 0.246 e. The number of benzene rings is 2. The number of thiazole rings is 1. The molecular formula is C22H22FN3O5S2. The SMILES string of the molecule is COc1ccc(CC(=O)Nc2nc(-c3ccc(F)cc3)cs2)cc1S(=O)(=O)N1CCOCC1. The van der Waals surface area contributed by atoms with Gasteiger partial charge in [0, 0.05) is 24.0 Å². The number of rotatable bonds is 7. The van der Waals surface area contributed by atoms with Gasteiger partial charge in [-0.25, -0.2) is 17.8 Å². The maximum Gasteiger partial charge on any atom is 0.246 e. The quantitative estimate of drug-likeness (QED) is 0.545. The molecule has 1 aliphatic heterocycles. The highest BCUT2D eigenvalue weighted by Crippen LogP contribution is 2.29. The molecule has 1 amide bonds. The molecule has 0 radical (unpaired) electrons. The molecule has 0 bridgehead atoms. The van der Waals surface area contributed by atoms with Crippen LogP contribution in [0.2, 0.25) is 0 Å². The van der Waals surface area contributed by atoms with E-state index in [1.54, 1.807) is 29.6 Å². The number of morpholine rings is 1. The zero-order chi connectivity index (χ0) is 23.4. The third-order valence-corrected chi connectivity index (χ3v) is 7.75. The van der Waals surface area contributed by atoms with Crippen molar-refractivity contribution in [3.05, 3.63) is 59.2 Å². The van der Waals surface area contributed by atoms with E-state index in [0.29, 0.717) is 29.6 Å². The number of halogens is 1. The molecule has 11 heteroatoms. The Morgan fingerprint density at radius 3 is 2.64 bits per heavy atom. The van der Waals surface area contributed by atoms with Crippen LogP contribution in [0.1, 0.15) is 5.56 Å². The van der Waals surface area contributed by atoms with Gasteiger partial charge < -0.3 is 14.8 Å². The summed E-state index contributed by atoms with van der Waals surface area (Å²) in [7, 11) is -2.39. The molecule has 1 aromatic heterocycles. The Morgan fingerprint density at radius 2 is 1.94 bits per heavy atom. The van der Waals surface area contributed by atoms with Gasteiger partial charge in [0.25, 0.3) is 0 Å². The van der Waals surface area contributed by atoms with E-state index in [0.717, 1.165) is 5.56 Å². The van der Waals surface area contributed by atoms with Crippen molar-refractivity contribution in [3.8, 4) is 17.0 Å². The van der Waals surface area contributed by atoms with Gasteiger partial charge in [-0.3, -0.25) is 4.79 Å². The maximum atomic E-state index is 13.1. The number of hydrogen-bond acceptors (Lipinski definition) is 7. The van der Waals surface area contributed by atoms with Gasteiger partial charge in [0.2, 0.25) is 15.9 Å². The fraction of sp³-hybridized carbons (Fsp3) is 0.273. The monoisotopic (exact) mass is 491 g/mol. The molecule has 3 aromatic rings. The van der Waals surface area contributed by atoms with Crippen LogP contribution in [0.3, 0.4) is 0 Å². The molecule has 0 atom stereocenters. The van der Waals surface area contributed by atoms with E-state index < -0.39 is 10.0 Å². The van der Waals surface area contributed by atoms with Gasteiger partial charge in [0.05, 0.1) is 32.4 Å². The first-order valence-corrected chi connectivity index (χ1v) is 12.4. The van der Waals surface area contributed by atoms with Crippen molar-refractivity contribution in [1.82, 2.24) is 9.29 Å². The average Bonchev–Trinajstić information content (AvgIpc) is 3.28. The topological polar surface area (TPSA) is 97.8 Å². The van der Waals surface area contributed by atoms with Gasteiger partial charge >= 0.3 is 0 Å².